The second kappa shape index (κ2) is 6.85. The Hall–Kier alpha value is 0.990. The molecular formula is C17H36OP3+3. The Morgan fingerprint density at radius 2 is 1.86 bits per heavy atom. The smallest absolute Gasteiger partial charge is 0.156 e. The van der Waals surface area contributed by atoms with Crippen molar-refractivity contribution in [2.24, 2.45) is 5.92 Å². The summed E-state index contributed by atoms with van der Waals surface area (Å²) in [5, 5.41) is 0. The molecule has 0 saturated carbocycles. The minimum Gasteiger partial charge on any atom is -0.339 e. The van der Waals surface area contributed by atoms with E-state index < -0.39 is 21.8 Å². The molecule has 21 heavy (non-hydrogen) atoms. The fraction of sp³-hybridized carbons (Fsp3) is 0.882. The van der Waals surface area contributed by atoms with Gasteiger partial charge in [0.05, 0.1) is 62.7 Å². The predicted octanol–water partition coefficient (Wildman–Crippen LogP) is 5.10. The third kappa shape index (κ3) is 5.53. The van der Waals surface area contributed by atoms with E-state index in [1.165, 1.54) is 37.5 Å². The molecule has 0 aromatic carbocycles. The zero-order valence-electron chi connectivity index (χ0n) is 14.8. The van der Waals surface area contributed by atoms with E-state index in [1.54, 1.807) is 6.16 Å². The largest absolute Gasteiger partial charge is 0.339 e. The molecule has 0 bridgehead atoms. The van der Waals surface area contributed by atoms with Crippen molar-refractivity contribution in [3.63, 3.8) is 0 Å². The number of ether oxygens (including phenoxy) is 1. The summed E-state index contributed by atoms with van der Waals surface area (Å²) in [5.74, 6) is 3.40. The topological polar surface area (TPSA) is 9.23 Å². The maximum atomic E-state index is 6.27. The Balaban J connectivity index is 1.87. The lowest BCUT2D eigenvalue weighted by Crippen LogP contribution is -2.16. The molecule has 0 aromatic rings. The molecule has 4 heteroatoms. The second-order valence-electron chi connectivity index (χ2n) is 8.98. The van der Waals surface area contributed by atoms with E-state index in [-0.39, 0.29) is 0 Å². The van der Waals surface area contributed by atoms with Gasteiger partial charge in [0.1, 0.15) is 0 Å². The third-order valence-electron chi connectivity index (χ3n) is 5.07. The van der Waals surface area contributed by atoms with Crippen molar-refractivity contribution in [2.45, 2.75) is 18.9 Å². The van der Waals surface area contributed by atoms with Gasteiger partial charge in [-0.1, -0.05) is 6.58 Å². The van der Waals surface area contributed by atoms with E-state index in [4.69, 9.17) is 4.74 Å². The molecule has 3 unspecified atom stereocenters. The lowest BCUT2D eigenvalue weighted by atomic mass is 10.2. The van der Waals surface area contributed by atoms with Crippen molar-refractivity contribution in [1.82, 2.24) is 0 Å². The van der Waals surface area contributed by atoms with Crippen LogP contribution >= 0.6 is 21.8 Å². The fourth-order valence-electron chi connectivity index (χ4n) is 3.94. The summed E-state index contributed by atoms with van der Waals surface area (Å²) in [7, 11) is -2.24. The molecule has 2 heterocycles. The van der Waals surface area contributed by atoms with Gasteiger partial charge < -0.3 is 4.74 Å². The maximum absolute atomic E-state index is 6.27. The molecule has 0 radical (unpaired) electrons. The van der Waals surface area contributed by atoms with E-state index in [9.17, 15) is 0 Å². The van der Waals surface area contributed by atoms with Crippen molar-refractivity contribution < 1.29 is 4.74 Å². The first-order valence-corrected chi connectivity index (χ1v) is 17.1. The lowest BCUT2D eigenvalue weighted by molar-refractivity contribution is 0.107. The van der Waals surface area contributed by atoms with Gasteiger partial charge in [0.2, 0.25) is 0 Å². The molecule has 0 spiro atoms. The van der Waals surface area contributed by atoms with Gasteiger partial charge in [-0.2, -0.15) is 0 Å². The normalized spacial score (nSPS) is 36.0. The number of hydrogen-bond donors (Lipinski definition) is 0. The van der Waals surface area contributed by atoms with Gasteiger partial charge in [-0.25, -0.2) is 0 Å². The Morgan fingerprint density at radius 1 is 1.14 bits per heavy atom. The summed E-state index contributed by atoms with van der Waals surface area (Å²) in [6, 6.07) is 0. The third-order valence-corrected chi connectivity index (χ3v) is 13.3. The minimum absolute atomic E-state index is 0.540. The average Bonchev–Trinajstić information content (AvgIpc) is 2.91. The molecule has 0 amide bonds. The first-order valence-electron chi connectivity index (χ1n) is 8.37. The van der Waals surface area contributed by atoms with Crippen LogP contribution in [0.25, 0.3) is 0 Å². The highest BCUT2D eigenvalue weighted by atomic mass is 31.2. The molecular weight excluding hydrogens is 313 g/mol. The highest BCUT2D eigenvalue weighted by Crippen LogP contribution is 2.69. The second-order valence-corrected chi connectivity index (χ2v) is 22.5. The van der Waals surface area contributed by atoms with Crippen LogP contribution in [0.2, 0.25) is 0 Å². The zero-order valence-corrected chi connectivity index (χ0v) is 17.5. The van der Waals surface area contributed by atoms with Crippen molar-refractivity contribution in [3.8, 4) is 0 Å². The van der Waals surface area contributed by atoms with E-state index in [2.05, 4.69) is 45.7 Å². The zero-order chi connectivity index (χ0) is 15.7. The Labute approximate surface area is 134 Å². The molecule has 0 aliphatic carbocycles. The number of hydrogen-bond acceptors (Lipinski definition) is 1. The molecule has 0 aromatic heterocycles. The Kier molecular flexibility index (Phi) is 5.98. The van der Waals surface area contributed by atoms with Crippen LogP contribution in [0.4, 0.5) is 0 Å². The highest BCUT2D eigenvalue weighted by Gasteiger charge is 2.49. The minimum atomic E-state index is -0.902. The monoisotopic (exact) mass is 349 g/mol. The van der Waals surface area contributed by atoms with Crippen molar-refractivity contribution in [2.75, 3.05) is 70.5 Å². The summed E-state index contributed by atoms with van der Waals surface area (Å²) in [6.07, 6.45) is 11.7. The summed E-state index contributed by atoms with van der Waals surface area (Å²) in [5.41, 5.74) is 0. The van der Waals surface area contributed by atoms with Crippen LogP contribution in [-0.2, 0) is 4.74 Å². The molecule has 3 atom stereocenters. The predicted molar refractivity (Wildman–Crippen MR) is 107 cm³/mol. The van der Waals surface area contributed by atoms with E-state index in [1.807, 2.05) is 0 Å². The van der Waals surface area contributed by atoms with Crippen LogP contribution in [0.3, 0.4) is 0 Å². The Morgan fingerprint density at radius 3 is 2.38 bits per heavy atom. The van der Waals surface area contributed by atoms with Crippen LogP contribution in [0.15, 0.2) is 12.4 Å². The summed E-state index contributed by atoms with van der Waals surface area (Å²) in [4.78, 5) is 0. The Bertz CT molecular complexity index is 375. The lowest BCUT2D eigenvalue weighted by Gasteiger charge is -2.22. The van der Waals surface area contributed by atoms with E-state index >= 15 is 0 Å². The molecule has 2 fully saturated rings. The van der Waals surface area contributed by atoms with Gasteiger partial charge in [0, 0.05) is 47.5 Å². The molecule has 1 nitrogen and oxygen atoms in total. The van der Waals surface area contributed by atoms with E-state index in [0.717, 1.165) is 12.3 Å². The van der Waals surface area contributed by atoms with Crippen molar-refractivity contribution >= 4 is 21.8 Å². The summed E-state index contributed by atoms with van der Waals surface area (Å²) >= 11 is 0. The van der Waals surface area contributed by atoms with Gasteiger partial charge in [0.25, 0.3) is 0 Å². The quantitative estimate of drug-likeness (QED) is 0.606. The summed E-state index contributed by atoms with van der Waals surface area (Å²) < 4.78 is 6.27. The SMILES string of the molecule is C=C[P+]1(CC2CC[P+](C)(C)C2)CCC(OC[P+](C)(C)C)C1. The van der Waals surface area contributed by atoms with Crippen molar-refractivity contribution in [3.05, 3.63) is 12.4 Å². The van der Waals surface area contributed by atoms with Gasteiger partial charge >= 0.3 is 0 Å². The average molecular weight is 349 g/mol. The molecule has 2 rings (SSSR count). The molecule has 122 valence electrons. The van der Waals surface area contributed by atoms with Crippen LogP contribution in [0.1, 0.15) is 12.8 Å². The van der Waals surface area contributed by atoms with Gasteiger partial charge in [-0.05, 0) is 6.42 Å². The summed E-state index contributed by atoms with van der Waals surface area (Å²) in [6.45, 7) is 16.5. The molecule has 2 aliphatic heterocycles. The first-order chi connectivity index (χ1) is 9.63. The molecule has 2 saturated heterocycles. The van der Waals surface area contributed by atoms with Gasteiger partial charge in [0.15, 0.2) is 6.35 Å². The standard InChI is InChI=1S/C17H36OP3/c1-7-21(13-16-8-10-20(5,6)12-16)11-9-17(14-21)18-15-19(2,3)4/h7,16-17H,1,8-15H2,2-6H3/q+3. The van der Waals surface area contributed by atoms with E-state index in [0.29, 0.717) is 6.10 Å². The van der Waals surface area contributed by atoms with Crippen LogP contribution in [0.5, 0.6) is 0 Å². The highest BCUT2D eigenvalue weighted by molar-refractivity contribution is 7.79. The van der Waals surface area contributed by atoms with Crippen LogP contribution in [0, 0.1) is 5.92 Å². The van der Waals surface area contributed by atoms with Gasteiger partial charge in [-0.3, -0.25) is 0 Å². The number of rotatable bonds is 6. The van der Waals surface area contributed by atoms with Gasteiger partial charge in [-0.15, -0.1) is 0 Å². The fourth-order valence-corrected chi connectivity index (χ4v) is 12.0. The molecule has 2 aliphatic rings. The van der Waals surface area contributed by atoms with Crippen molar-refractivity contribution in [1.29, 1.82) is 0 Å². The first kappa shape index (κ1) is 18.3. The van der Waals surface area contributed by atoms with Crippen LogP contribution in [-0.4, -0.2) is 76.6 Å². The van der Waals surface area contributed by atoms with Crippen LogP contribution < -0.4 is 0 Å². The molecule has 0 N–H and O–H groups in total. The maximum Gasteiger partial charge on any atom is 0.156 e.